The highest BCUT2D eigenvalue weighted by molar-refractivity contribution is 5.89. The topological polar surface area (TPSA) is 157 Å². The molecule has 0 aromatic heterocycles. The van der Waals surface area contributed by atoms with E-state index in [2.05, 4.69) is 0 Å². The van der Waals surface area contributed by atoms with Crippen molar-refractivity contribution in [1.29, 1.82) is 0 Å². The Morgan fingerprint density at radius 1 is 0.431 bits per heavy atom. The predicted octanol–water partition coefficient (Wildman–Crippen LogP) is 6.16. The van der Waals surface area contributed by atoms with Gasteiger partial charge in [-0.1, -0.05) is 84.9 Å². The first kappa shape index (κ1) is 37.1. The van der Waals surface area contributed by atoms with Crippen LogP contribution in [-0.4, -0.2) is 50.3 Å². The van der Waals surface area contributed by atoms with Crippen molar-refractivity contribution >= 4 is 59.6 Å². The van der Waals surface area contributed by atoms with Crippen LogP contribution >= 0.6 is 0 Å². The van der Waals surface area contributed by atoms with Gasteiger partial charge in [0.2, 0.25) is 0 Å². The van der Waals surface area contributed by atoms with Gasteiger partial charge >= 0.3 is 23.9 Å². The van der Waals surface area contributed by atoms with Crippen molar-refractivity contribution in [2.75, 3.05) is 37.9 Å². The van der Waals surface area contributed by atoms with E-state index in [9.17, 15) is 19.2 Å². The second kappa shape index (κ2) is 19.4. The molecular formula is C41H38N2O8. The molecule has 0 aliphatic carbocycles. The SMILES string of the molecule is Nc1cccc(C=CC(=O)OCC(COC(=O)C=Cc2ccccc2)(COC(=O)C=Cc2ccccc2)COC(=O)C=Cc2cccc(N)c2)c1. The van der Waals surface area contributed by atoms with Crippen LogP contribution in [-0.2, 0) is 38.1 Å². The molecule has 0 radical (unpaired) electrons. The number of ether oxygens (including phenoxy) is 4. The molecule has 4 N–H and O–H groups in total. The van der Waals surface area contributed by atoms with Crippen molar-refractivity contribution in [2.45, 2.75) is 0 Å². The highest BCUT2D eigenvalue weighted by Gasteiger charge is 2.37. The number of hydrogen-bond acceptors (Lipinski definition) is 10. The van der Waals surface area contributed by atoms with Crippen LogP contribution < -0.4 is 11.5 Å². The fraction of sp³-hybridized carbons (Fsp3) is 0.122. The summed E-state index contributed by atoms with van der Waals surface area (Å²) in [6, 6.07) is 32.0. The van der Waals surface area contributed by atoms with Gasteiger partial charge in [0.05, 0.1) is 0 Å². The number of benzene rings is 4. The minimum absolute atomic E-state index is 0.445. The Morgan fingerprint density at radius 3 is 1.04 bits per heavy atom. The highest BCUT2D eigenvalue weighted by atomic mass is 16.6. The van der Waals surface area contributed by atoms with E-state index in [1.54, 1.807) is 60.7 Å². The lowest BCUT2D eigenvalue weighted by Crippen LogP contribution is -2.43. The number of nitrogens with two attached hydrogens (primary N) is 2. The maximum Gasteiger partial charge on any atom is 0.330 e. The van der Waals surface area contributed by atoms with Gasteiger partial charge in [-0.15, -0.1) is 0 Å². The molecule has 0 bridgehead atoms. The first-order valence-electron chi connectivity index (χ1n) is 15.9. The van der Waals surface area contributed by atoms with Gasteiger partial charge in [0.25, 0.3) is 0 Å². The number of nitrogen functional groups attached to an aromatic ring is 2. The first-order chi connectivity index (χ1) is 24.7. The lowest BCUT2D eigenvalue weighted by Gasteiger charge is -2.31. The van der Waals surface area contributed by atoms with Gasteiger partial charge in [-0.25, -0.2) is 19.2 Å². The van der Waals surface area contributed by atoms with E-state index in [4.69, 9.17) is 30.4 Å². The Kier molecular flexibility index (Phi) is 14.1. The summed E-state index contributed by atoms with van der Waals surface area (Å²) in [6.45, 7) is -1.80. The van der Waals surface area contributed by atoms with Crippen LogP contribution in [0.3, 0.4) is 0 Å². The van der Waals surface area contributed by atoms with Gasteiger partial charge in [-0.3, -0.25) is 0 Å². The molecule has 0 spiro atoms. The largest absolute Gasteiger partial charge is 0.462 e. The fourth-order valence-electron chi connectivity index (χ4n) is 4.45. The lowest BCUT2D eigenvalue weighted by molar-refractivity contribution is -0.164. The molecule has 0 saturated carbocycles. The van der Waals surface area contributed by atoms with Crippen LogP contribution in [0.25, 0.3) is 24.3 Å². The van der Waals surface area contributed by atoms with Gasteiger partial charge in [-0.05, 0) is 70.8 Å². The maximum absolute atomic E-state index is 12.9. The molecule has 4 aromatic rings. The summed E-state index contributed by atoms with van der Waals surface area (Å²) in [5.74, 6) is -2.95. The van der Waals surface area contributed by atoms with Crippen molar-refractivity contribution in [3.8, 4) is 0 Å². The van der Waals surface area contributed by atoms with E-state index in [-0.39, 0.29) is 0 Å². The smallest absolute Gasteiger partial charge is 0.330 e. The summed E-state index contributed by atoms with van der Waals surface area (Å²) >= 11 is 0. The van der Waals surface area contributed by atoms with E-state index in [1.165, 1.54) is 36.5 Å². The Labute approximate surface area is 296 Å². The molecule has 51 heavy (non-hydrogen) atoms. The van der Waals surface area contributed by atoms with E-state index in [1.807, 2.05) is 60.7 Å². The van der Waals surface area contributed by atoms with Crippen LogP contribution in [0.15, 0.2) is 133 Å². The molecule has 0 atom stereocenters. The van der Waals surface area contributed by atoms with Gasteiger partial charge < -0.3 is 30.4 Å². The summed E-state index contributed by atoms with van der Waals surface area (Å²) < 4.78 is 22.2. The number of hydrogen-bond donors (Lipinski definition) is 2. The van der Waals surface area contributed by atoms with Crippen molar-refractivity contribution < 1.29 is 38.1 Å². The summed E-state index contributed by atoms with van der Waals surface area (Å²) in [5, 5.41) is 0. The second-order valence-electron chi connectivity index (χ2n) is 11.4. The van der Waals surface area contributed by atoms with Crippen molar-refractivity contribution in [1.82, 2.24) is 0 Å². The molecule has 0 amide bonds. The quantitative estimate of drug-likeness (QED) is 0.0605. The van der Waals surface area contributed by atoms with Crippen molar-refractivity contribution in [3.05, 3.63) is 156 Å². The molecule has 4 aromatic carbocycles. The Hall–Kier alpha value is -6.68. The number of rotatable bonds is 16. The molecule has 260 valence electrons. The third-order valence-corrected chi connectivity index (χ3v) is 7.15. The third-order valence-electron chi connectivity index (χ3n) is 7.15. The van der Waals surface area contributed by atoms with Crippen LogP contribution in [0.1, 0.15) is 22.3 Å². The van der Waals surface area contributed by atoms with Gasteiger partial charge in [-0.2, -0.15) is 0 Å². The van der Waals surface area contributed by atoms with Crippen LogP contribution in [0, 0.1) is 5.41 Å². The molecule has 0 heterocycles. The molecule has 0 saturated heterocycles. The number of carbonyl (C=O) groups excluding carboxylic acids is 4. The normalized spacial score (nSPS) is 12.5. The average Bonchev–Trinajstić information content (AvgIpc) is 3.15. The molecule has 10 nitrogen and oxygen atoms in total. The van der Waals surface area contributed by atoms with Crippen LogP contribution in [0.4, 0.5) is 11.4 Å². The number of anilines is 2. The average molecular weight is 687 g/mol. The van der Waals surface area contributed by atoms with Crippen LogP contribution in [0.5, 0.6) is 0 Å². The zero-order valence-corrected chi connectivity index (χ0v) is 27.8. The fourth-order valence-corrected chi connectivity index (χ4v) is 4.45. The Morgan fingerprint density at radius 2 is 0.725 bits per heavy atom. The first-order valence-corrected chi connectivity index (χ1v) is 15.9. The summed E-state index contributed by atoms with van der Waals surface area (Å²) in [7, 11) is 0. The standard InChI is InChI=1S/C41H38N2O8/c42-35-15-7-13-33(25-35)19-23-39(46)50-29-41(27-48-37(44)21-17-31-9-3-1-4-10-31,28-49-38(45)22-18-32-11-5-2-6-12-32)30-51-40(47)24-20-34-14-8-16-36(43)26-34/h1-26H,27-30,42-43H2. The zero-order chi connectivity index (χ0) is 36.3. The molecule has 0 fully saturated rings. The van der Waals surface area contributed by atoms with Gasteiger partial charge in [0.15, 0.2) is 0 Å². The minimum atomic E-state index is -1.51. The van der Waals surface area contributed by atoms with E-state index < -0.39 is 55.7 Å². The second-order valence-corrected chi connectivity index (χ2v) is 11.4. The summed E-state index contributed by atoms with van der Waals surface area (Å²) in [6.07, 6.45) is 11.0. The van der Waals surface area contributed by atoms with Gasteiger partial charge in [0, 0.05) is 35.7 Å². The minimum Gasteiger partial charge on any atom is -0.462 e. The monoisotopic (exact) mass is 686 g/mol. The molecule has 4 rings (SSSR count). The highest BCUT2D eigenvalue weighted by Crippen LogP contribution is 2.23. The van der Waals surface area contributed by atoms with Crippen molar-refractivity contribution in [2.24, 2.45) is 5.41 Å². The number of esters is 4. The zero-order valence-electron chi connectivity index (χ0n) is 27.8. The van der Waals surface area contributed by atoms with Crippen LogP contribution in [0.2, 0.25) is 0 Å². The number of carbonyl (C=O) groups is 4. The molecule has 0 aliphatic rings. The predicted molar refractivity (Wildman–Crippen MR) is 197 cm³/mol. The van der Waals surface area contributed by atoms with E-state index in [0.717, 1.165) is 11.1 Å². The van der Waals surface area contributed by atoms with Gasteiger partial charge in [0.1, 0.15) is 31.8 Å². The van der Waals surface area contributed by atoms with Crippen molar-refractivity contribution in [3.63, 3.8) is 0 Å². The summed E-state index contributed by atoms with van der Waals surface area (Å²) in [5.41, 5.74) is 14.0. The molecular weight excluding hydrogens is 648 g/mol. The molecule has 0 unspecified atom stereocenters. The third kappa shape index (κ3) is 13.8. The Balaban J connectivity index is 1.54. The molecule has 0 aliphatic heterocycles. The lowest BCUT2D eigenvalue weighted by atomic mass is 9.92. The Bertz CT molecular complexity index is 1760. The summed E-state index contributed by atoms with van der Waals surface area (Å²) in [4.78, 5) is 51.4. The molecule has 10 heteroatoms. The maximum atomic E-state index is 12.9. The van der Waals surface area contributed by atoms with E-state index >= 15 is 0 Å². The van der Waals surface area contributed by atoms with E-state index in [0.29, 0.717) is 22.5 Å².